The number of methoxy groups -OCH3 is 1. The van der Waals surface area contributed by atoms with E-state index in [0.29, 0.717) is 33.8 Å². The van der Waals surface area contributed by atoms with E-state index in [9.17, 15) is 14.4 Å². The Balaban J connectivity index is 1.37. The Labute approximate surface area is 252 Å². The van der Waals surface area contributed by atoms with E-state index >= 15 is 0 Å². The normalized spacial score (nSPS) is 14.4. The van der Waals surface area contributed by atoms with Gasteiger partial charge in [-0.3, -0.25) is 19.3 Å². The smallest absolute Gasteiger partial charge is 0.294 e. The van der Waals surface area contributed by atoms with E-state index in [1.165, 1.54) is 12.7 Å². The first kappa shape index (κ1) is 30.2. The van der Waals surface area contributed by atoms with Crippen LogP contribution in [0, 0.1) is 0 Å². The molecule has 3 aromatic carbocycles. The number of ether oxygens (including phenoxy) is 3. The molecule has 0 unspecified atom stereocenters. The summed E-state index contributed by atoms with van der Waals surface area (Å²) in [5.74, 6) is 0.695. The summed E-state index contributed by atoms with van der Waals surface area (Å²) < 4.78 is 17.9. The number of imide groups is 1. The van der Waals surface area contributed by atoms with Crippen molar-refractivity contribution in [2.45, 2.75) is 26.2 Å². The van der Waals surface area contributed by atoms with Crippen molar-refractivity contribution in [3.8, 4) is 17.2 Å². The number of para-hydroxylation sites is 1. The molecule has 0 aliphatic carbocycles. The standard InChI is InChI=1S/C31H31BrN2O6S/c1-31(2,3)21-10-12-23(13-11-21)39-14-15-40-28-24(32)16-20(17-25(28)38-4)18-26-29(36)34(30(37)41-26)19-27(35)33-22-8-6-5-7-9-22/h5-13,16-18H,14-15,19H2,1-4H3,(H,33,35)/b26-18-. The lowest BCUT2D eigenvalue weighted by Gasteiger charge is -2.19. The molecule has 4 rings (SSSR count). The van der Waals surface area contributed by atoms with Crippen LogP contribution in [0.5, 0.6) is 17.2 Å². The van der Waals surface area contributed by atoms with E-state index in [0.717, 1.165) is 22.4 Å². The lowest BCUT2D eigenvalue weighted by atomic mass is 9.87. The van der Waals surface area contributed by atoms with Crippen LogP contribution in [-0.2, 0) is 15.0 Å². The third kappa shape index (κ3) is 7.92. The minimum Gasteiger partial charge on any atom is -0.493 e. The number of nitrogens with one attached hydrogen (secondary N) is 1. The predicted molar refractivity (Wildman–Crippen MR) is 165 cm³/mol. The van der Waals surface area contributed by atoms with E-state index in [1.54, 1.807) is 42.5 Å². The maximum atomic E-state index is 12.9. The van der Waals surface area contributed by atoms with E-state index in [2.05, 4.69) is 54.2 Å². The second-order valence-electron chi connectivity index (χ2n) is 10.2. The average Bonchev–Trinajstić information content (AvgIpc) is 3.19. The van der Waals surface area contributed by atoms with Crippen molar-refractivity contribution >= 4 is 56.5 Å². The molecule has 0 saturated carbocycles. The first-order valence-electron chi connectivity index (χ1n) is 12.9. The molecule has 0 spiro atoms. The minimum absolute atomic E-state index is 0.0737. The number of thioether (sulfide) groups is 1. The van der Waals surface area contributed by atoms with E-state index in [1.807, 2.05) is 18.2 Å². The monoisotopic (exact) mass is 638 g/mol. The van der Waals surface area contributed by atoms with Gasteiger partial charge in [0.1, 0.15) is 25.5 Å². The van der Waals surface area contributed by atoms with Crippen molar-refractivity contribution in [2.24, 2.45) is 0 Å². The van der Waals surface area contributed by atoms with Crippen LogP contribution in [0.2, 0.25) is 0 Å². The summed E-state index contributed by atoms with van der Waals surface area (Å²) in [5, 5.41) is 2.17. The summed E-state index contributed by atoms with van der Waals surface area (Å²) in [6.45, 7) is 6.72. The van der Waals surface area contributed by atoms with Gasteiger partial charge in [0.25, 0.3) is 11.1 Å². The molecule has 1 aliphatic heterocycles. The Bertz CT molecular complexity index is 1450. The van der Waals surface area contributed by atoms with Gasteiger partial charge in [0.15, 0.2) is 11.5 Å². The van der Waals surface area contributed by atoms with Gasteiger partial charge in [0.2, 0.25) is 5.91 Å². The van der Waals surface area contributed by atoms with Gasteiger partial charge in [0, 0.05) is 5.69 Å². The van der Waals surface area contributed by atoms with Crippen LogP contribution in [0.15, 0.2) is 76.1 Å². The molecule has 8 nitrogen and oxygen atoms in total. The zero-order valence-electron chi connectivity index (χ0n) is 23.2. The van der Waals surface area contributed by atoms with Crippen LogP contribution in [0.25, 0.3) is 6.08 Å². The molecule has 0 aromatic heterocycles. The Hall–Kier alpha value is -3.76. The summed E-state index contributed by atoms with van der Waals surface area (Å²) in [5.41, 5.74) is 2.51. The zero-order chi connectivity index (χ0) is 29.6. The number of carbonyl (C=O) groups is 3. The molecule has 41 heavy (non-hydrogen) atoms. The van der Waals surface area contributed by atoms with Crippen LogP contribution >= 0.6 is 27.7 Å². The Kier molecular flexibility index (Phi) is 9.77. The molecular weight excluding hydrogens is 608 g/mol. The molecule has 0 radical (unpaired) electrons. The molecule has 0 bridgehead atoms. The fourth-order valence-electron chi connectivity index (χ4n) is 3.97. The Morgan fingerprint density at radius 3 is 2.34 bits per heavy atom. The predicted octanol–water partition coefficient (Wildman–Crippen LogP) is 6.89. The molecular formula is C31H31BrN2O6S. The highest BCUT2D eigenvalue weighted by atomic mass is 79.9. The van der Waals surface area contributed by atoms with Crippen LogP contribution in [0.4, 0.5) is 10.5 Å². The third-order valence-electron chi connectivity index (χ3n) is 6.10. The van der Waals surface area contributed by atoms with Crippen molar-refractivity contribution in [3.05, 3.63) is 87.2 Å². The zero-order valence-corrected chi connectivity index (χ0v) is 25.6. The van der Waals surface area contributed by atoms with E-state index < -0.39 is 17.1 Å². The van der Waals surface area contributed by atoms with Gasteiger partial charge in [-0.25, -0.2) is 0 Å². The number of nitrogens with zero attached hydrogens (tertiary/aromatic N) is 1. The Morgan fingerprint density at radius 2 is 1.68 bits per heavy atom. The molecule has 1 heterocycles. The first-order valence-corrected chi connectivity index (χ1v) is 14.5. The number of halogens is 1. The lowest BCUT2D eigenvalue weighted by Crippen LogP contribution is -2.36. The number of rotatable bonds is 10. The van der Waals surface area contributed by atoms with Crippen molar-refractivity contribution in [3.63, 3.8) is 0 Å². The van der Waals surface area contributed by atoms with Crippen LogP contribution in [0.3, 0.4) is 0 Å². The maximum Gasteiger partial charge on any atom is 0.294 e. The maximum absolute atomic E-state index is 12.9. The lowest BCUT2D eigenvalue weighted by molar-refractivity contribution is -0.127. The summed E-state index contributed by atoms with van der Waals surface area (Å²) in [7, 11) is 1.52. The van der Waals surface area contributed by atoms with Gasteiger partial charge in [0.05, 0.1) is 16.5 Å². The number of anilines is 1. The number of carbonyl (C=O) groups excluding carboxylic acids is 3. The van der Waals surface area contributed by atoms with Gasteiger partial charge < -0.3 is 19.5 Å². The van der Waals surface area contributed by atoms with Crippen molar-refractivity contribution in [2.75, 3.05) is 32.2 Å². The fraction of sp³-hybridized carbons (Fsp3) is 0.258. The Morgan fingerprint density at radius 1 is 1.00 bits per heavy atom. The summed E-state index contributed by atoms with van der Waals surface area (Å²) >= 11 is 4.30. The number of hydrogen-bond donors (Lipinski definition) is 1. The highest BCUT2D eigenvalue weighted by molar-refractivity contribution is 9.10. The summed E-state index contributed by atoms with van der Waals surface area (Å²) in [6, 6.07) is 20.3. The van der Waals surface area contributed by atoms with Gasteiger partial charge in [-0.15, -0.1) is 0 Å². The fourth-order valence-corrected chi connectivity index (χ4v) is 5.38. The first-order chi connectivity index (χ1) is 19.5. The summed E-state index contributed by atoms with van der Waals surface area (Å²) in [6.07, 6.45) is 1.58. The van der Waals surface area contributed by atoms with Crippen molar-refractivity contribution < 1.29 is 28.6 Å². The van der Waals surface area contributed by atoms with Gasteiger partial charge >= 0.3 is 0 Å². The van der Waals surface area contributed by atoms with Crippen molar-refractivity contribution in [1.29, 1.82) is 0 Å². The molecule has 10 heteroatoms. The molecule has 0 atom stereocenters. The number of benzene rings is 3. The quantitative estimate of drug-likeness (QED) is 0.191. The van der Waals surface area contributed by atoms with Crippen LogP contribution in [0.1, 0.15) is 31.9 Å². The van der Waals surface area contributed by atoms with Gasteiger partial charge in [-0.05, 0) is 86.7 Å². The number of hydrogen-bond acceptors (Lipinski definition) is 7. The SMILES string of the molecule is COc1cc(/C=C2\SC(=O)N(CC(=O)Nc3ccccc3)C2=O)cc(Br)c1OCCOc1ccc(C(C)(C)C)cc1. The molecule has 1 N–H and O–H groups in total. The molecule has 1 fully saturated rings. The van der Waals surface area contributed by atoms with Gasteiger partial charge in [-0.1, -0.05) is 51.1 Å². The number of amides is 3. The molecule has 214 valence electrons. The highest BCUT2D eigenvalue weighted by Gasteiger charge is 2.36. The van der Waals surface area contributed by atoms with Crippen molar-refractivity contribution in [1.82, 2.24) is 4.90 Å². The third-order valence-corrected chi connectivity index (χ3v) is 7.60. The second-order valence-corrected chi connectivity index (χ2v) is 12.0. The average molecular weight is 640 g/mol. The van der Waals surface area contributed by atoms with E-state index in [4.69, 9.17) is 14.2 Å². The van der Waals surface area contributed by atoms with Crippen LogP contribution < -0.4 is 19.5 Å². The topological polar surface area (TPSA) is 94.2 Å². The summed E-state index contributed by atoms with van der Waals surface area (Å²) in [4.78, 5) is 39.0. The molecule has 3 aromatic rings. The minimum atomic E-state index is -0.536. The second kappa shape index (κ2) is 13.3. The van der Waals surface area contributed by atoms with E-state index in [-0.39, 0.29) is 23.5 Å². The molecule has 3 amide bonds. The largest absolute Gasteiger partial charge is 0.493 e. The molecule has 1 saturated heterocycles. The van der Waals surface area contributed by atoms with Crippen LogP contribution in [-0.4, -0.2) is 48.8 Å². The highest BCUT2D eigenvalue weighted by Crippen LogP contribution is 2.39. The van der Waals surface area contributed by atoms with Gasteiger partial charge in [-0.2, -0.15) is 0 Å². The molecule has 1 aliphatic rings.